The van der Waals surface area contributed by atoms with E-state index in [0.29, 0.717) is 29.1 Å². The SMILES string of the molecule is [B]C[C@@H](C)c1cc(-c2ccccc2F)ccc1OCc1c(OC)cccc1N(C)C(C)=O. The number of carbonyl (C=O) groups is 1. The van der Waals surface area contributed by atoms with E-state index in [1.54, 1.807) is 31.2 Å². The van der Waals surface area contributed by atoms with E-state index < -0.39 is 0 Å². The van der Waals surface area contributed by atoms with Gasteiger partial charge in [0.2, 0.25) is 5.91 Å². The second-order valence-corrected chi connectivity index (χ2v) is 7.69. The van der Waals surface area contributed by atoms with E-state index in [2.05, 4.69) is 0 Å². The lowest BCUT2D eigenvalue weighted by molar-refractivity contribution is -0.116. The molecule has 164 valence electrons. The zero-order chi connectivity index (χ0) is 23.3. The van der Waals surface area contributed by atoms with Crippen LogP contribution in [0.15, 0.2) is 60.7 Å². The van der Waals surface area contributed by atoms with E-state index in [-0.39, 0.29) is 24.2 Å². The minimum Gasteiger partial charge on any atom is -0.496 e. The summed E-state index contributed by atoms with van der Waals surface area (Å²) >= 11 is 0. The van der Waals surface area contributed by atoms with Gasteiger partial charge in [-0.25, -0.2) is 4.39 Å². The molecule has 0 N–H and O–H groups in total. The van der Waals surface area contributed by atoms with Gasteiger partial charge in [-0.3, -0.25) is 4.79 Å². The van der Waals surface area contributed by atoms with Crippen molar-refractivity contribution in [3.63, 3.8) is 0 Å². The molecule has 1 amide bonds. The van der Waals surface area contributed by atoms with Crippen LogP contribution >= 0.6 is 0 Å². The van der Waals surface area contributed by atoms with Crippen LogP contribution in [0, 0.1) is 5.82 Å². The van der Waals surface area contributed by atoms with E-state index in [9.17, 15) is 9.18 Å². The number of carbonyl (C=O) groups excluding carboxylic acids is 1. The molecule has 0 fully saturated rings. The molecular weight excluding hydrogens is 404 g/mol. The number of nitrogens with zero attached hydrogens (tertiary/aromatic N) is 1. The van der Waals surface area contributed by atoms with Crippen LogP contribution in [0.25, 0.3) is 11.1 Å². The molecule has 0 spiro atoms. The molecule has 0 aromatic heterocycles. The van der Waals surface area contributed by atoms with Gasteiger partial charge >= 0.3 is 0 Å². The number of methoxy groups -OCH3 is 1. The van der Waals surface area contributed by atoms with Gasteiger partial charge in [0.15, 0.2) is 0 Å². The molecule has 3 aromatic rings. The molecule has 2 radical (unpaired) electrons. The Bertz CT molecular complexity index is 1100. The topological polar surface area (TPSA) is 38.8 Å². The monoisotopic (exact) mass is 431 g/mol. The maximum absolute atomic E-state index is 14.3. The van der Waals surface area contributed by atoms with Crippen LogP contribution in [0.3, 0.4) is 0 Å². The van der Waals surface area contributed by atoms with Crippen LogP contribution in [0.4, 0.5) is 10.1 Å². The Morgan fingerprint density at radius 3 is 2.50 bits per heavy atom. The van der Waals surface area contributed by atoms with E-state index in [1.165, 1.54) is 13.0 Å². The van der Waals surface area contributed by atoms with Gasteiger partial charge in [0.05, 0.1) is 26.2 Å². The zero-order valence-electron chi connectivity index (χ0n) is 18.9. The first-order valence-electron chi connectivity index (χ1n) is 10.5. The summed E-state index contributed by atoms with van der Waals surface area (Å²) in [5.74, 6) is 0.927. The van der Waals surface area contributed by atoms with Crippen molar-refractivity contribution in [2.24, 2.45) is 0 Å². The lowest BCUT2D eigenvalue weighted by atomic mass is 9.85. The summed E-state index contributed by atoms with van der Waals surface area (Å²) in [5.41, 5.74) is 3.66. The minimum absolute atomic E-state index is 0.00811. The second kappa shape index (κ2) is 10.4. The third-order valence-corrected chi connectivity index (χ3v) is 5.61. The summed E-state index contributed by atoms with van der Waals surface area (Å²) in [6, 6.07) is 17.8. The number of amides is 1. The van der Waals surface area contributed by atoms with Crippen LogP contribution in [-0.4, -0.2) is 27.9 Å². The molecule has 0 aliphatic heterocycles. The van der Waals surface area contributed by atoms with Gasteiger partial charge < -0.3 is 14.4 Å². The smallest absolute Gasteiger partial charge is 0.223 e. The Hall–Kier alpha value is -3.28. The third kappa shape index (κ3) is 4.96. The Morgan fingerprint density at radius 2 is 1.84 bits per heavy atom. The van der Waals surface area contributed by atoms with Crippen molar-refractivity contribution in [2.75, 3.05) is 19.1 Å². The van der Waals surface area contributed by atoms with E-state index >= 15 is 0 Å². The first kappa shape index (κ1) is 23.4. The molecule has 0 saturated heterocycles. The fourth-order valence-corrected chi connectivity index (χ4v) is 3.58. The summed E-state index contributed by atoms with van der Waals surface area (Å²) in [6.45, 7) is 3.71. The molecule has 0 unspecified atom stereocenters. The predicted octanol–water partition coefficient (Wildman–Crippen LogP) is 5.75. The average molecular weight is 431 g/mol. The fourth-order valence-electron chi connectivity index (χ4n) is 3.58. The minimum atomic E-state index is -0.279. The average Bonchev–Trinajstić information content (AvgIpc) is 2.81. The summed E-state index contributed by atoms with van der Waals surface area (Å²) in [4.78, 5) is 13.5. The number of anilines is 1. The molecular formula is C26H27BFNO3. The maximum atomic E-state index is 14.3. The van der Waals surface area contributed by atoms with Gasteiger partial charge in [-0.05, 0) is 47.4 Å². The molecule has 0 saturated carbocycles. The molecule has 0 aliphatic rings. The predicted molar refractivity (Wildman–Crippen MR) is 127 cm³/mol. The largest absolute Gasteiger partial charge is 0.496 e. The van der Waals surface area contributed by atoms with Crippen molar-refractivity contribution in [1.29, 1.82) is 0 Å². The highest BCUT2D eigenvalue weighted by Gasteiger charge is 2.18. The van der Waals surface area contributed by atoms with Crippen molar-refractivity contribution >= 4 is 19.4 Å². The van der Waals surface area contributed by atoms with Crippen molar-refractivity contribution in [3.8, 4) is 22.6 Å². The molecule has 3 rings (SSSR count). The highest BCUT2D eigenvalue weighted by molar-refractivity contribution is 6.09. The van der Waals surface area contributed by atoms with E-state index in [0.717, 1.165) is 16.7 Å². The van der Waals surface area contributed by atoms with Crippen LogP contribution in [-0.2, 0) is 11.4 Å². The van der Waals surface area contributed by atoms with Gasteiger partial charge in [0, 0.05) is 19.5 Å². The van der Waals surface area contributed by atoms with Crippen molar-refractivity contribution in [2.45, 2.75) is 32.7 Å². The molecule has 6 heteroatoms. The molecule has 3 aromatic carbocycles. The van der Waals surface area contributed by atoms with Crippen LogP contribution in [0.1, 0.15) is 30.9 Å². The Balaban J connectivity index is 1.98. The molecule has 1 atom stereocenters. The fraction of sp³-hybridized carbons (Fsp3) is 0.269. The second-order valence-electron chi connectivity index (χ2n) is 7.69. The van der Waals surface area contributed by atoms with Gasteiger partial charge in [-0.2, -0.15) is 0 Å². The van der Waals surface area contributed by atoms with Crippen LogP contribution in [0.5, 0.6) is 11.5 Å². The highest BCUT2D eigenvalue weighted by Crippen LogP contribution is 2.36. The summed E-state index contributed by atoms with van der Waals surface area (Å²) in [5, 5.41) is 0. The summed E-state index contributed by atoms with van der Waals surface area (Å²) < 4.78 is 26.1. The van der Waals surface area contributed by atoms with Gasteiger partial charge in [-0.1, -0.05) is 43.6 Å². The first-order valence-corrected chi connectivity index (χ1v) is 10.5. The molecule has 32 heavy (non-hydrogen) atoms. The molecule has 0 aliphatic carbocycles. The molecule has 4 nitrogen and oxygen atoms in total. The zero-order valence-corrected chi connectivity index (χ0v) is 18.9. The Labute approximate surface area is 190 Å². The Kier molecular flexibility index (Phi) is 7.57. The quantitative estimate of drug-likeness (QED) is 0.426. The molecule has 0 heterocycles. The van der Waals surface area contributed by atoms with Gasteiger partial charge in [-0.15, -0.1) is 0 Å². The van der Waals surface area contributed by atoms with Gasteiger partial charge in [0.1, 0.15) is 23.9 Å². The van der Waals surface area contributed by atoms with E-state index in [4.69, 9.17) is 17.3 Å². The number of halogens is 1. The lowest BCUT2D eigenvalue weighted by Gasteiger charge is -2.23. The van der Waals surface area contributed by atoms with Crippen molar-refractivity contribution < 1.29 is 18.7 Å². The number of hydrogen-bond acceptors (Lipinski definition) is 3. The summed E-state index contributed by atoms with van der Waals surface area (Å²) in [7, 11) is 9.25. The highest BCUT2D eigenvalue weighted by atomic mass is 19.1. The Morgan fingerprint density at radius 1 is 1.09 bits per heavy atom. The first-order chi connectivity index (χ1) is 15.4. The molecule has 0 bridgehead atoms. The van der Waals surface area contributed by atoms with Crippen LogP contribution < -0.4 is 14.4 Å². The van der Waals surface area contributed by atoms with Crippen molar-refractivity contribution in [1.82, 2.24) is 0 Å². The number of rotatable bonds is 8. The van der Waals surface area contributed by atoms with Crippen molar-refractivity contribution in [3.05, 3.63) is 77.6 Å². The number of ether oxygens (including phenoxy) is 2. The number of benzene rings is 3. The summed E-state index contributed by atoms with van der Waals surface area (Å²) in [6.07, 6.45) is 0.421. The third-order valence-electron chi connectivity index (χ3n) is 5.61. The van der Waals surface area contributed by atoms with E-state index in [1.807, 2.05) is 49.4 Å². The standard InChI is InChI=1S/C26H27BFNO3/c1-17(15-27)21-14-19(20-8-5-6-9-23(20)28)12-13-26(21)32-16-22-24(29(3)18(2)30)10-7-11-25(22)31-4/h5-14,17H,15-16H2,1-4H3/t17-/m1/s1. The van der Waals surface area contributed by atoms with Crippen LogP contribution in [0.2, 0.25) is 6.32 Å². The maximum Gasteiger partial charge on any atom is 0.223 e. The normalized spacial score (nSPS) is 11.7. The number of hydrogen-bond donors (Lipinski definition) is 0. The lowest BCUT2D eigenvalue weighted by Crippen LogP contribution is -2.24. The van der Waals surface area contributed by atoms with Gasteiger partial charge in [0.25, 0.3) is 0 Å².